The highest BCUT2D eigenvalue weighted by Crippen LogP contribution is 2.76. The van der Waals surface area contributed by atoms with Crippen LogP contribution in [0.2, 0.25) is 0 Å². The summed E-state index contributed by atoms with van der Waals surface area (Å²) in [5, 5.41) is 169. The van der Waals surface area contributed by atoms with Crippen molar-refractivity contribution in [1.82, 2.24) is 5.32 Å². The van der Waals surface area contributed by atoms with Gasteiger partial charge in [0, 0.05) is 13.8 Å². The highest BCUT2D eigenvalue weighted by Gasteiger charge is 2.72. The van der Waals surface area contributed by atoms with E-state index in [1.54, 1.807) is 0 Å². The molecule has 10 fully saturated rings. The molecule has 6 heterocycles. The van der Waals surface area contributed by atoms with E-state index in [9.17, 15) is 86.2 Å². The predicted molar refractivity (Wildman–Crippen MR) is 331 cm³/mol. The fourth-order valence-electron chi connectivity index (χ4n) is 19.4. The van der Waals surface area contributed by atoms with Crippen LogP contribution in [0.5, 0.6) is 0 Å². The normalized spacial score (nSPS) is 51.8. The maximum absolute atomic E-state index is 15.7. The van der Waals surface area contributed by atoms with Crippen molar-refractivity contribution in [3.05, 3.63) is 11.6 Å². The number of carbonyl (C=O) groups excluding carboxylic acids is 3. The van der Waals surface area contributed by atoms with Crippen LogP contribution in [0.15, 0.2) is 11.6 Å². The lowest BCUT2D eigenvalue weighted by Gasteiger charge is -2.72. The Hall–Kier alpha value is -2.89. The largest absolute Gasteiger partial charge is 0.463 e. The molecule has 6 saturated heterocycles. The third kappa shape index (κ3) is 13.7. The van der Waals surface area contributed by atoms with Crippen LogP contribution in [-0.4, -0.2) is 306 Å². The number of ether oxygens (including phenoxy) is 13. The molecule has 1 amide bonds. The Morgan fingerprint density at radius 1 is 0.545 bits per heavy atom. The summed E-state index contributed by atoms with van der Waals surface area (Å²) in [5.74, 6) is -2.61. The molecule has 4 saturated carbocycles. The van der Waals surface area contributed by atoms with E-state index in [1.807, 2.05) is 0 Å². The first-order valence-electron chi connectivity index (χ1n) is 34.9. The van der Waals surface area contributed by atoms with Gasteiger partial charge in [0.2, 0.25) is 12.2 Å². The van der Waals surface area contributed by atoms with Crippen LogP contribution in [0.1, 0.15) is 127 Å². The summed E-state index contributed by atoms with van der Waals surface area (Å²) in [5.41, 5.74) is -2.95. The van der Waals surface area contributed by atoms with Gasteiger partial charge in [0.05, 0.1) is 44.7 Å². The second-order valence-corrected chi connectivity index (χ2v) is 31.9. The number of nitrogens with one attached hydrogen (secondary N) is 1. The zero-order valence-electron chi connectivity index (χ0n) is 57.7. The number of aliphatic hydroxyl groups is 15. The lowest BCUT2D eigenvalue weighted by Crippen LogP contribution is -2.69. The lowest BCUT2D eigenvalue weighted by molar-refractivity contribution is -0.382. The summed E-state index contributed by atoms with van der Waals surface area (Å²) >= 11 is 0. The van der Waals surface area contributed by atoms with Crippen molar-refractivity contribution in [2.75, 3.05) is 33.0 Å². The monoisotopic (exact) mass is 1420 g/mol. The molecule has 99 heavy (non-hydrogen) atoms. The number of fused-ring (bicyclic) bond motifs is 7. The van der Waals surface area contributed by atoms with E-state index in [0.29, 0.717) is 38.5 Å². The molecule has 36 atom stereocenters. The minimum Gasteiger partial charge on any atom is -0.463 e. The molecule has 16 N–H and O–H groups in total. The van der Waals surface area contributed by atoms with Crippen LogP contribution in [0, 0.1) is 50.2 Å². The highest BCUT2D eigenvalue weighted by atomic mass is 16.8. The smallest absolute Gasteiger partial charge is 0.317 e. The summed E-state index contributed by atoms with van der Waals surface area (Å²) < 4.78 is 78.2. The lowest BCUT2D eigenvalue weighted by atomic mass is 9.33. The first kappa shape index (κ1) is 77.2. The van der Waals surface area contributed by atoms with Crippen molar-refractivity contribution in [3.8, 4) is 0 Å². The van der Waals surface area contributed by atoms with Crippen molar-refractivity contribution in [2.45, 2.75) is 305 Å². The number of hydrogen-bond acceptors (Lipinski definition) is 31. The van der Waals surface area contributed by atoms with Gasteiger partial charge in [-0.25, -0.2) is 0 Å². The van der Waals surface area contributed by atoms with Gasteiger partial charge in [-0.05, 0) is 110 Å². The molecular weight excluding hydrogens is 1310 g/mol. The number of carbonyl (C=O) groups is 3. The van der Waals surface area contributed by atoms with Crippen molar-refractivity contribution >= 4 is 17.8 Å². The first-order chi connectivity index (χ1) is 46.4. The molecule has 566 valence electrons. The van der Waals surface area contributed by atoms with Crippen LogP contribution in [0.4, 0.5) is 0 Å². The molecule has 32 heteroatoms. The Morgan fingerprint density at radius 3 is 1.78 bits per heavy atom. The number of amides is 1. The number of esters is 2. The summed E-state index contributed by atoms with van der Waals surface area (Å²) in [4.78, 5) is 40.2. The number of hydrogen-bond donors (Lipinski definition) is 16. The molecule has 11 aliphatic rings. The SMILES string of the molecule is CC(=O)N[C@H]1[C@H](O[C@H]2CC[C@]3(C)[C@H]4CC=C5[C@@H]6CC(C)(C)CC[C@]6(C(=O)O[C@@H]6OC[C@H](O)[C@H](O)[C@H]6O[C@@H]6O[C@@H](C)[C@H](O[C@@H]7O[C@@H](COC(C)=O)[C@H](O)[C@H]7O)[C@@H](O[C@@H]7OC[C@@H](O)[C@H](O)[C@H]7O)[C@H]6O)[C@H](O)C[C@@]5(C)[C@]4(C)CC[C@H]3C2(C)C)O[C@H](CO)[C@@H](O[C@@H]2O[C@H](CO)[C@@H](O)[C@H](O)[C@H]2O)[C@@H]1O. The molecule has 0 radical (unpaired) electrons. The third-order valence-electron chi connectivity index (χ3n) is 25.2. The second kappa shape index (κ2) is 29.1. The van der Waals surface area contributed by atoms with Crippen molar-refractivity contribution < 1.29 is 153 Å². The Kier molecular flexibility index (Phi) is 22.7. The zero-order chi connectivity index (χ0) is 72.3. The Labute approximate surface area is 573 Å². The van der Waals surface area contributed by atoms with Crippen LogP contribution < -0.4 is 5.32 Å². The van der Waals surface area contributed by atoms with Gasteiger partial charge in [0.15, 0.2) is 37.6 Å². The fourth-order valence-corrected chi connectivity index (χ4v) is 19.4. The summed E-state index contributed by atoms with van der Waals surface area (Å²) in [6.07, 6.45) is -37.9. The van der Waals surface area contributed by atoms with Gasteiger partial charge in [-0.1, -0.05) is 60.1 Å². The van der Waals surface area contributed by atoms with E-state index in [2.05, 4.69) is 59.9 Å². The van der Waals surface area contributed by atoms with E-state index in [1.165, 1.54) is 13.8 Å². The molecule has 11 rings (SSSR count). The zero-order valence-corrected chi connectivity index (χ0v) is 57.7. The third-order valence-corrected chi connectivity index (χ3v) is 25.2. The van der Waals surface area contributed by atoms with E-state index in [4.69, 9.17) is 61.6 Å². The van der Waals surface area contributed by atoms with E-state index < -0.39 is 257 Å². The van der Waals surface area contributed by atoms with Gasteiger partial charge in [0.1, 0.15) is 128 Å². The molecule has 5 aliphatic carbocycles. The van der Waals surface area contributed by atoms with Gasteiger partial charge in [-0.2, -0.15) is 0 Å². The molecule has 0 aromatic rings. The van der Waals surface area contributed by atoms with Crippen LogP contribution in [0.3, 0.4) is 0 Å². The van der Waals surface area contributed by atoms with Gasteiger partial charge in [-0.15, -0.1) is 0 Å². The van der Waals surface area contributed by atoms with E-state index in [-0.39, 0.29) is 35.5 Å². The summed E-state index contributed by atoms with van der Waals surface area (Å²) in [7, 11) is 0. The molecular formula is C67H107NO31. The highest BCUT2D eigenvalue weighted by molar-refractivity contribution is 5.80. The van der Waals surface area contributed by atoms with E-state index >= 15 is 4.79 Å². The van der Waals surface area contributed by atoms with Crippen LogP contribution in [-0.2, 0) is 76.0 Å². The first-order valence-corrected chi connectivity index (χ1v) is 34.9. The standard InChI is InChI=1S/C67H107NO31/c1-26-51(95-57-48(83)44(79)35(93-57)25-87-28(3)72)53(97-56-47(82)41(76)31(73)23-88-56)50(85)59(90-26)98-54-42(77)32(74)24-89-60(54)99-61(86)67-18-17-62(4,5)19-30(67)29-11-12-37-64(8)15-14-39(63(6,7)36(64)13-16-65(37,9)66(29,10)20-38(67)75)94-55-40(68-27(2)71)45(80)52(34(22-70)92-55)96-58-49(84)46(81)43(78)33(21-69)91-58/h11,26,30-60,69-70,73-85H,12-25H2,1-10H3,(H,68,71)/t26-,30-,31+,32-,33+,34+,35-,36-,37+,38+,39-,40+,41-,42-,43+,44-,45+,46-,47+,48+,49+,50+,51-,52+,53-,54+,55-,56-,57-,58-,59-,60-,64-,65+,66+,67+/m0/s1. The summed E-state index contributed by atoms with van der Waals surface area (Å²) in [6.45, 7) is 16.1. The number of allylic oxidation sites excluding steroid dienone is 2. The molecule has 0 aromatic carbocycles. The Morgan fingerprint density at radius 2 is 1.12 bits per heavy atom. The number of rotatable bonds is 17. The Balaban J connectivity index is 0.819. The van der Waals surface area contributed by atoms with Gasteiger partial charge in [-0.3, -0.25) is 14.4 Å². The van der Waals surface area contributed by atoms with Gasteiger partial charge < -0.3 is 143 Å². The molecule has 6 aliphatic heterocycles. The average Bonchev–Trinajstić information content (AvgIpc) is 1.54. The van der Waals surface area contributed by atoms with Crippen molar-refractivity contribution in [3.63, 3.8) is 0 Å². The molecule has 0 unspecified atom stereocenters. The molecule has 0 aromatic heterocycles. The van der Waals surface area contributed by atoms with Crippen LogP contribution >= 0.6 is 0 Å². The molecule has 32 nitrogen and oxygen atoms in total. The minimum atomic E-state index is -2.03. The van der Waals surface area contributed by atoms with Gasteiger partial charge in [0.25, 0.3) is 0 Å². The quantitative estimate of drug-likeness (QED) is 0.0378. The Bertz CT molecular complexity index is 2870. The van der Waals surface area contributed by atoms with Gasteiger partial charge >= 0.3 is 11.9 Å². The fraction of sp³-hybridized carbons (Fsp3) is 0.925. The average molecular weight is 1420 g/mol. The van der Waals surface area contributed by atoms with E-state index in [0.717, 1.165) is 18.9 Å². The van der Waals surface area contributed by atoms with Crippen molar-refractivity contribution in [2.24, 2.45) is 50.2 Å². The minimum absolute atomic E-state index is 0.0173. The maximum atomic E-state index is 15.7. The summed E-state index contributed by atoms with van der Waals surface area (Å²) in [6, 6.07) is -1.28. The predicted octanol–water partition coefficient (Wildman–Crippen LogP) is -3.76. The molecule has 0 spiro atoms. The maximum Gasteiger partial charge on any atom is 0.317 e. The molecule has 0 bridgehead atoms. The van der Waals surface area contributed by atoms with Crippen LogP contribution in [0.25, 0.3) is 0 Å². The topological polar surface area (TPSA) is 487 Å². The number of aliphatic hydroxyl groups excluding tert-OH is 15. The second-order valence-electron chi connectivity index (χ2n) is 31.9. The van der Waals surface area contributed by atoms with Crippen molar-refractivity contribution in [1.29, 1.82) is 0 Å².